The number of hydrogen-bond donors (Lipinski definition) is 1. The monoisotopic (exact) mass is 312 g/mol. The lowest BCUT2D eigenvalue weighted by atomic mass is 10.2. The van der Waals surface area contributed by atoms with Gasteiger partial charge >= 0.3 is 0 Å². The fraction of sp³-hybridized carbons (Fsp3) is 0.471. The zero-order chi connectivity index (χ0) is 16.1. The van der Waals surface area contributed by atoms with Gasteiger partial charge in [0.05, 0.1) is 29.6 Å². The zero-order valence-electron chi connectivity index (χ0n) is 13.0. The smallest absolute Gasteiger partial charge is 0.258 e. The van der Waals surface area contributed by atoms with Crippen molar-refractivity contribution in [2.24, 2.45) is 0 Å². The van der Waals surface area contributed by atoms with Gasteiger partial charge in [-0.15, -0.1) is 0 Å². The third-order valence-corrected chi connectivity index (χ3v) is 4.06. The number of fused-ring (bicyclic) bond motifs is 1. The van der Waals surface area contributed by atoms with Gasteiger partial charge < -0.3 is 9.72 Å². The number of aromatic amines is 1. The van der Waals surface area contributed by atoms with Gasteiger partial charge in [0.15, 0.2) is 0 Å². The molecule has 23 heavy (non-hydrogen) atoms. The van der Waals surface area contributed by atoms with Crippen LogP contribution in [-0.2, 0) is 11.3 Å². The second-order valence-electron chi connectivity index (χ2n) is 5.81. The standard InChI is InChI=1S/C17H20N4O2/c18-8-4-9-21(11-13-5-3-10-23-13)12-16-19-15-7-2-1-6-14(15)17(22)20-16/h1-2,6-7,13H,3-5,9-12H2,(H,19,20,22)/t13-/m1/s1. The minimum atomic E-state index is -0.122. The first-order valence-corrected chi connectivity index (χ1v) is 7.95. The van der Waals surface area contributed by atoms with Crippen LogP contribution in [0.3, 0.4) is 0 Å². The van der Waals surface area contributed by atoms with E-state index in [1.165, 1.54) is 0 Å². The molecule has 6 heteroatoms. The summed E-state index contributed by atoms with van der Waals surface area (Å²) in [6.45, 7) is 2.73. The maximum absolute atomic E-state index is 12.1. The van der Waals surface area contributed by atoms with Crippen LogP contribution in [0.4, 0.5) is 0 Å². The molecule has 3 rings (SSSR count). The van der Waals surface area contributed by atoms with Crippen molar-refractivity contribution in [2.75, 3.05) is 19.7 Å². The van der Waals surface area contributed by atoms with Gasteiger partial charge in [-0.25, -0.2) is 4.98 Å². The average Bonchev–Trinajstić information content (AvgIpc) is 3.06. The molecule has 120 valence electrons. The molecule has 1 N–H and O–H groups in total. The topological polar surface area (TPSA) is 82.0 Å². The van der Waals surface area contributed by atoms with Crippen LogP contribution in [0.15, 0.2) is 29.1 Å². The lowest BCUT2D eigenvalue weighted by Gasteiger charge is -2.23. The molecule has 0 saturated carbocycles. The van der Waals surface area contributed by atoms with Gasteiger partial charge in [0, 0.05) is 26.1 Å². The Hall–Kier alpha value is -2.23. The Morgan fingerprint density at radius 3 is 3.09 bits per heavy atom. The van der Waals surface area contributed by atoms with Crippen molar-refractivity contribution in [1.82, 2.24) is 14.9 Å². The Morgan fingerprint density at radius 2 is 2.30 bits per heavy atom. The van der Waals surface area contributed by atoms with E-state index in [4.69, 9.17) is 10.00 Å². The first kappa shape index (κ1) is 15.7. The van der Waals surface area contributed by atoms with Crippen LogP contribution in [-0.4, -0.2) is 40.7 Å². The highest BCUT2D eigenvalue weighted by atomic mass is 16.5. The second-order valence-corrected chi connectivity index (χ2v) is 5.81. The molecule has 1 atom stereocenters. The van der Waals surface area contributed by atoms with Crippen LogP contribution >= 0.6 is 0 Å². The van der Waals surface area contributed by atoms with E-state index in [-0.39, 0.29) is 11.7 Å². The lowest BCUT2D eigenvalue weighted by Crippen LogP contribution is -2.33. The molecule has 1 aliphatic rings. The molecule has 0 aliphatic carbocycles. The van der Waals surface area contributed by atoms with Crippen molar-refractivity contribution >= 4 is 10.9 Å². The van der Waals surface area contributed by atoms with Gasteiger partial charge in [0.1, 0.15) is 5.82 Å². The maximum atomic E-state index is 12.1. The summed E-state index contributed by atoms with van der Waals surface area (Å²) >= 11 is 0. The highest BCUT2D eigenvalue weighted by Crippen LogP contribution is 2.15. The molecule has 0 bridgehead atoms. The minimum absolute atomic E-state index is 0.122. The quantitative estimate of drug-likeness (QED) is 0.880. The van der Waals surface area contributed by atoms with E-state index in [0.29, 0.717) is 36.2 Å². The summed E-state index contributed by atoms with van der Waals surface area (Å²) in [5.74, 6) is 0.629. The van der Waals surface area contributed by atoms with Crippen molar-refractivity contribution < 1.29 is 4.74 Å². The van der Waals surface area contributed by atoms with Crippen LogP contribution in [0.25, 0.3) is 10.9 Å². The van der Waals surface area contributed by atoms with Crippen LogP contribution in [0.1, 0.15) is 25.1 Å². The van der Waals surface area contributed by atoms with Gasteiger partial charge in [-0.3, -0.25) is 9.69 Å². The third kappa shape index (κ3) is 3.95. The number of hydrogen-bond acceptors (Lipinski definition) is 5. The number of nitrogens with zero attached hydrogens (tertiary/aromatic N) is 3. The van der Waals surface area contributed by atoms with Crippen molar-refractivity contribution in [1.29, 1.82) is 5.26 Å². The van der Waals surface area contributed by atoms with E-state index in [1.54, 1.807) is 6.07 Å². The Labute approximate surface area is 134 Å². The van der Waals surface area contributed by atoms with Crippen LogP contribution in [0, 0.1) is 11.3 Å². The van der Waals surface area contributed by atoms with E-state index in [2.05, 4.69) is 20.9 Å². The second kappa shape index (κ2) is 7.36. The summed E-state index contributed by atoms with van der Waals surface area (Å²) in [7, 11) is 0. The normalized spacial score (nSPS) is 17.7. The molecule has 0 radical (unpaired) electrons. The number of aromatic nitrogens is 2. The highest BCUT2D eigenvalue weighted by molar-refractivity contribution is 5.77. The molecule has 1 aromatic heterocycles. The molecule has 2 heterocycles. The van der Waals surface area contributed by atoms with Crippen LogP contribution in [0.2, 0.25) is 0 Å². The molecule has 6 nitrogen and oxygen atoms in total. The van der Waals surface area contributed by atoms with E-state index in [0.717, 1.165) is 26.0 Å². The molecule has 1 aliphatic heterocycles. The summed E-state index contributed by atoms with van der Waals surface area (Å²) in [6.07, 6.45) is 2.79. The Bertz CT molecular complexity index is 759. The molecule has 1 fully saturated rings. The van der Waals surface area contributed by atoms with Crippen molar-refractivity contribution in [3.05, 3.63) is 40.4 Å². The van der Waals surface area contributed by atoms with E-state index < -0.39 is 0 Å². The predicted octanol–water partition coefficient (Wildman–Crippen LogP) is 1.82. The predicted molar refractivity (Wildman–Crippen MR) is 86.8 cm³/mol. The lowest BCUT2D eigenvalue weighted by molar-refractivity contribution is 0.0705. The number of nitrogens with one attached hydrogen (secondary N) is 1. The van der Waals surface area contributed by atoms with Gasteiger partial charge in [0.25, 0.3) is 5.56 Å². The summed E-state index contributed by atoms with van der Waals surface area (Å²) in [5.41, 5.74) is 0.576. The van der Waals surface area contributed by atoms with Crippen molar-refractivity contribution in [3.63, 3.8) is 0 Å². The van der Waals surface area contributed by atoms with Gasteiger partial charge in [-0.1, -0.05) is 12.1 Å². The Balaban J connectivity index is 1.78. The molecule has 1 saturated heterocycles. The number of para-hydroxylation sites is 1. The molecular formula is C17H20N4O2. The number of nitriles is 1. The van der Waals surface area contributed by atoms with Gasteiger partial charge in [0.2, 0.25) is 0 Å². The fourth-order valence-electron chi connectivity index (χ4n) is 2.94. The number of rotatable bonds is 6. The van der Waals surface area contributed by atoms with Gasteiger partial charge in [-0.05, 0) is 25.0 Å². The molecule has 0 unspecified atom stereocenters. The maximum Gasteiger partial charge on any atom is 0.258 e. The minimum Gasteiger partial charge on any atom is -0.377 e. The molecule has 0 spiro atoms. The average molecular weight is 312 g/mol. The highest BCUT2D eigenvalue weighted by Gasteiger charge is 2.20. The number of benzene rings is 1. The number of ether oxygens (including phenoxy) is 1. The Morgan fingerprint density at radius 1 is 1.43 bits per heavy atom. The molecular weight excluding hydrogens is 292 g/mol. The first-order chi connectivity index (χ1) is 11.3. The SMILES string of the molecule is N#CCCN(Cc1nc2ccccc2c(=O)[nH]1)C[C@H]1CCCO1. The number of H-pyrrole nitrogens is 1. The van der Waals surface area contributed by atoms with Crippen molar-refractivity contribution in [2.45, 2.75) is 31.9 Å². The van der Waals surface area contributed by atoms with E-state index in [1.807, 2.05) is 18.2 Å². The fourth-order valence-corrected chi connectivity index (χ4v) is 2.94. The Kier molecular flexibility index (Phi) is 5.01. The summed E-state index contributed by atoms with van der Waals surface area (Å²) in [4.78, 5) is 21.7. The summed E-state index contributed by atoms with van der Waals surface area (Å²) in [6, 6.07) is 9.49. The largest absolute Gasteiger partial charge is 0.377 e. The van der Waals surface area contributed by atoms with Crippen LogP contribution in [0.5, 0.6) is 0 Å². The van der Waals surface area contributed by atoms with Gasteiger partial charge in [-0.2, -0.15) is 5.26 Å². The molecule has 1 aromatic carbocycles. The van der Waals surface area contributed by atoms with E-state index in [9.17, 15) is 4.79 Å². The van der Waals surface area contributed by atoms with E-state index >= 15 is 0 Å². The third-order valence-electron chi connectivity index (χ3n) is 4.06. The zero-order valence-corrected chi connectivity index (χ0v) is 13.0. The molecule has 2 aromatic rings. The summed E-state index contributed by atoms with van der Waals surface area (Å²) < 4.78 is 5.68. The van der Waals surface area contributed by atoms with Crippen molar-refractivity contribution in [3.8, 4) is 6.07 Å². The summed E-state index contributed by atoms with van der Waals surface area (Å²) in [5, 5.41) is 9.44. The first-order valence-electron chi connectivity index (χ1n) is 7.95. The van der Waals surface area contributed by atoms with Crippen LogP contribution < -0.4 is 5.56 Å². The molecule has 0 amide bonds.